The lowest BCUT2D eigenvalue weighted by Gasteiger charge is -2.43. The SMILES string of the molecule is CCN(CC(=O)O)C1CC(NC(C)CCc2[nH]nc3ccccc23)C1. The van der Waals surface area contributed by atoms with E-state index in [1.54, 1.807) is 0 Å². The number of aryl methyl sites for hydroxylation is 1. The van der Waals surface area contributed by atoms with Gasteiger partial charge in [-0.05, 0) is 45.2 Å². The van der Waals surface area contributed by atoms with Crippen LogP contribution in [0.3, 0.4) is 0 Å². The molecule has 0 saturated heterocycles. The van der Waals surface area contributed by atoms with E-state index in [0.717, 1.165) is 37.7 Å². The Morgan fingerprint density at radius 2 is 2.20 bits per heavy atom. The number of carboxylic acids is 1. The molecule has 1 aromatic heterocycles. The highest BCUT2D eigenvalue weighted by Gasteiger charge is 2.34. The summed E-state index contributed by atoms with van der Waals surface area (Å²) in [6.07, 6.45) is 4.11. The van der Waals surface area contributed by atoms with Crippen molar-refractivity contribution in [2.24, 2.45) is 0 Å². The molecule has 0 radical (unpaired) electrons. The van der Waals surface area contributed by atoms with Gasteiger partial charge in [-0.1, -0.05) is 25.1 Å². The van der Waals surface area contributed by atoms with E-state index in [0.29, 0.717) is 18.1 Å². The Morgan fingerprint density at radius 1 is 1.44 bits per heavy atom. The summed E-state index contributed by atoms with van der Waals surface area (Å²) in [5.74, 6) is -0.738. The van der Waals surface area contributed by atoms with Gasteiger partial charge in [0.05, 0.1) is 12.1 Å². The van der Waals surface area contributed by atoms with E-state index in [4.69, 9.17) is 5.11 Å². The number of carbonyl (C=O) groups is 1. The van der Waals surface area contributed by atoms with Gasteiger partial charge in [-0.2, -0.15) is 5.10 Å². The smallest absolute Gasteiger partial charge is 0.317 e. The number of para-hydroxylation sites is 1. The van der Waals surface area contributed by atoms with Crippen LogP contribution in [0.4, 0.5) is 0 Å². The fourth-order valence-electron chi connectivity index (χ4n) is 3.75. The van der Waals surface area contributed by atoms with E-state index in [1.807, 2.05) is 25.1 Å². The van der Waals surface area contributed by atoms with Crippen molar-refractivity contribution in [2.75, 3.05) is 13.1 Å². The van der Waals surface area contributed by atoms with Gasteiger partial charge in [0.15, 0.2) is 0 Å². The van der Waals surface area contributed by atoms with E-state index in [1.165, 1.54) is 11.1 Å². The topological polar surface area (TPSA) is 81.3 Å². The molecule has 1 atom stereocenters. The van der Waals surface area contributed by atoms with Crippen LogP contribution in [0.1, 0.15) is 38.8 Å². The van der Waals surface area contributed by atoms with E-state index in [2.05, 4.69) is 33.4 Å². The molecule has 6 nitrogen and oxygen atoms in total. The summed E-state index contributed by atoms with van der Waals surface area (Å²) >= 11 is 0. The van der Waals surface area contributed by atoms with Crippen LogP contribution >= 0.6 is 0 Å². The molecule has 1 aromatic carbocycles. The third kappa shape index (κ3) is 4.38. The second-order valence-electron chi connectivity index (χ2n) is 7.10. The number of rotatable bonds is 9. The summed E-state index contributed by atoms with van der Waals surface area (Å²) < 4.78 is 0. The van der Waals surface area contributed by atoms with Crippen LogP contribution in [-0.2, 0) is 11.2 Å². The van der Waals surface area contributed by atoms with Gasteiger partial charge in [-0.15, -0.1) is 0 Å². The average molecular weight is 344 g/mol. The van der Waals surface area contributed by atoms with E-state index < -0.39 is 5.97 Å². The quantitative estimate of drug-likeness (QED) is 0.651. The lowest BCUT2D eigenvalue weighted by molar-refractivity contribution is -0.139. The fraction of sp³-hybridized carbons (Fsp3) is 0.579. The minimum Gasteiger partial charge on any atom is -0.480 e. The van der Waals surface area contributed by atoms with Gasteiger partial charge in [0, 0.05) is 29.2 Å². The van der Waals surface area contributed by atoms with Gasteiger partial charge in [-0.25, -0.2) is 0 Å². The second-order valence-corrected chi connectivity index (χ2v) is 7.10. The molecule has 0 bridgehead atoms. The number of hydrogen-bond acceptors (Lipinski definition) is 4. The zero-order valence-corrected chi connectivity index (χ0v) is 15.0. The maximum absolute atomic E-state index is 10.9. The van der Waals surface area contributed by atoms with Gasteiger partial charge in [0.1, 0.15) is 0 Å². The molecule has 3 rings (SSSR count). The highest BCUT2D eigenvalue weighted by Crippen LogP contribution is 2.26. The van der Waals surface area contributed by atoms with Crippen molar-refractivity contribution in [3.63, 3.8) is 0 Å². The Balaban J connectivity index is 1.42. The van der Waals surface area contributed by atoms with Gasteiger partial charge < -0.3 is 10.4 Å². The van der Waals surface area contributed by atoms with E-state index >= 15 is 0 Å². The first-order chi connectivity index (χ1) is 12.1. The summed E-state index contributed by atoms with van der Waals surface area (Å²) in [4.78, 5) is 13.0. The molecular formula is C19H28N4O2. The molecule has 3 N–H and O–H groups in total. The molecule has 1 aliphatic rings. The number of fused-ring (bicyclic) bond motifs is 1. The zero-order valence-electron chi connectivity index (χ0n) is 15.0. The lowest BCUT2D eigenvalue weighted by atomic mass is 9.84. The normalized spacial score (nSPS) is 21.4. The number of hydrogen-bond donors (Lipinski definition) is 3. The molecule has 1 unspecified atom stereocenters. The summed E-state index contributed by atoms with van der Waals surface area (Å²) in [5.41, 5.74) is 2.23. The van der Waals surface area contributed by atoms with Crippen LogP contribution in [-0.4, -0.2) is 57.4 Å². The summed E-state index contributed by atoms with van der Waals surface area (Å²) in [6.45, 7) is 5.20. The monoisotopic (exact) mass is 344 g/mol. The van der Waals surface area contributed by atoms with Crippen LogP contribution in [0.5, 0.6) is 0 Å². The number of likely N-dealkylation sites (N-methyl/N-ethyl adjacent to an activating group) is 1. The van der Waals surface area contributed by atoms with Crippen molar-refractivity contribution in [3.05, 3.63) is 30.0 Å². The number of nitrogens with zero attached hydrogens (tertiary/aromatic N) is 2. The van der Waals surface area contributed by atoms with E-state index in [9.17, 15) is 4.79 Å². The van der Waals surface area contributed by atoms with Gasteiger partial charge >= 0.3 is 5.97 Å². The van der Waals surface area contributed by atoms with Gasteiger partial charge in [0.2, 0.25) is 0 Å². The molecule has 6 heteroatoms. The van der Waals surface area contributed by atoms with Gasteiger partial charge in [-0.3, -0.25) is 14.8 Å². The molecule has 0 spiro atoms. The van der Waals surface area contributed by atoms with Gasteiger partial charge in [0.25, 0.3) is 0 Å². The van der Waals surface area contributed by atoms with Crippen LogP contribution in [0.2, 0.25) is 0 Å². The third-order valence-electron chi connectivity index (χ3n) is 5.26. The van der Waals surface area contributed by atoms with Crippen LogP contribution < -0.4 is 5.32 Å². The summed E-state index contributed by atoms with van der Waals surface area (Å²) in [6, 6.07) is 9.54. The van der Waals surface area contributed by atoms with Crippen molar-refractivity contribution in [1.29, 1.82) is 0 Å². The van der Waals surface area contributed by atoms with Crippen molar-refractivity contribution in [3.8, 4) is 0 Å². The molecule has 2 aromatic rings. The maximum Gasteiger partial charge on any atom is 0.317 e. The standard InChI is InChI=1S/C19H28N4O2/c1-3-23(12-19(24)25)15-10-14(11-15)20-13(2)8-9-18-16-6-4-5-7-17(16)21-22-18/h4-7,13-15,20H,3,8-12H2,1-2H3,(H,21,22)(H,24,25). The predicted molar refractivity (Wildman–Crippen MR) is 98.7 cm³/mol. The Labute approximate surface area is 148 Å². The summed E-state index contributed by atoms with van der Waals surface area (Å²) in [5, 5.41) is 21.4. The largest absolute Gasteiger partial charge is 0.480 e. The minimum atomic E-state index is -0.738. The molecular weight excluding hydrogens is 316 g/mol. The summed E-state index contributed by atoms with van der Waals surface area (Å²) in [7, 11) is 0. The number of aromatic nitrogens is 2. The molecule has 1 heterocycles. The molecule has 1 fully saturated rings. The number of carboxylic acid groups (broad SMARTS) is 1. The zero-order chi connectivity index (χ0) is 17.8. The highest BCUT2D eigenvalue weighted by molar-refractivity contribution is 5.81. The van der Waals surface area contributed by atoms with Crippen molar-refractivity contribution < 1.29 is 9.90 Å². The molecule has 1 saturated carbocycles. The molecule has 25 heavy (non-hydrogen) atoms. The Morgan fingerprint density at radius 3 is 2.92 bits per heavy atom. The maximum atomic E-state index is 10.9. The highest BCUT2D eigenvalue weighted by atomic mass is 16.4. The molecule has 136 valence electrons. The van der Waals surface area contributed by atoms with Crippen molar-refractivity contribution in [2.45, 2.75) is 57.7 Å². The number of H-pyrrole nitrogens is 1. The average Bonchev–Trinajstić information content (AvgIpc) is 2.97. The first-order valence-corrected chi connectivity index (χ1v) is 9.20. The number of benzene rings is 1. The Hall–Kier alpha value is -1.92. The predicted octanol–water partition coefficient (Wildman–Crippen LogP) is 2.41. The van der Waals surface area contributed by atoms with Crippen molar-refractivity contribution >= 4 is 16.9 Å². The Kier molecular flexibility index (Phi) is 5.71. The number of nitrogens with one attached hydrogen (secondary N) is 2. The third-order valence-corrected chi connectivity index (χ3v) is 5.26. The fourth-order valence-corrected chi connectivity index (χ4v) is 3.75. The lowest BCUT2D eigenvalue weighted by Crippen LogP contribution is -2.55. The second kappa shape index (κ2) is 7.97. The first kappa shape index (κ1) is 17.9. The van der Waals surface area contributed by atoms with Crippen LogP contribution in [0, 0.1) is 0 Å². The Bertz CT molecular complexity index is 708. The van der Waals surface area contributed by atoms with E-state index in [-0.39, 0.29) is 6.54 Å². The molecule has 0 aliphatic heterocycles. The minimum absolute atomic E-state index is 0.149. The van der Waals surface area contributed by atoms with Crippen LogP contribution in [0.15, 0.2) is 24.3 Å². The van der Waals surface area contributed by atoms with Crippen LogP contribution in [0.25, 0.3) is 10.9 Å². The number of aromatic amines is 1. The first-order valence-electron chi connectivity index (χ1n) is 9.20. The molecule has 0 amide bonds. The van der Waals surface area contributed by atoms with Crippen molar-refractivity contribution in [1.82, 2.24) is 20.4 Å². The molecule has 1 aliphatic carbocycles. The number of aliphatic carboxylic acids is 1.